The van der Waals surface area contributed by atoms with E-state index in [4.69, 9.17) is 4.74 Å². The first-order valence-corrected chi connectivity index (χ1v) is 9.69. The fourth-order valence-corrected chi connectivity index (χ4v) is 3.85. The van der Waals surface area contributed by atoms with E-state index in [2.05, 4.69) is 26.1 Å². The van der Waals surface area contributed by atoms with Crippen LogP contribution in [0.25, 0.3) is 0 Å². The Labute approximate surface area is 150 Å². The number of nitrogens with one attached hydrogen (secondary N) is 1. The molecule has 4 nitrogen and oxygen atoms in total. The highest BCUT2D eigenvalue weighted by Crippen LogP contribution is 2.28. The number of urea groups is 1. The lowest BCUT2D eigenvalue weighted by Gasteiger charge is -2.36. The lowest BCUT2D eigenvalue weighted by molar-refractivity contribution is 0.159. The maximum atomic E-state index is 12.6. The molecule has 1 aliphatic heterocycles. The number of carbonyl (C=O) groups excluding carboxylic acids is 1. The van der Waals surface area contributed by atoms with Crippen LogP contribution in [-0.4, -0.2) is 41.1 Å². The zero-order valence-electron chi connectivity index (χ0n) is 15.3. The highest BCUT2D eigenvalue weighted by atomic mass is 32.2. The van der Waals surface area contributed by atoms with E-state index >= 15 is 0 Å². The first kappa shape index (κ1) is 19.0. The van der Waals surface area contributed by atoms with Crippen LogP contribution in [0.15, 0.2) is 24.3 Å². The summed E-state index contributed by atoms with van der Waals surface area (Å²) in [5, 5.41) is 3.07. The average molecular weight is 351 g/mol. The lowest BCUT2D eigenvalue weighted by atomic mass is 10.0. The number of hydrogen-bond donors (Lipinski definition) is 1. The van der Waals surface area contributed by atoms with Gasteiger partial charge in [0.2, 0.25) is 0 Å². The quantitative estimate of drug-likeness (QED) is 0.861. The van der Waals surface area contributed by atoms with Crippen LogP contribution in [0.1, 0.15) is 45.6 Å². The summed E-state index contributed by atoms with van der Waals surface area (Å²) in [6, 6.07) is 8.23. The molecule has 24 heavy (non-hydrogen) atoms. The molecule has 0 aromatic heterocycles. The Morgan fingerprint density at radius 1 is 1.29 bits per heavy atom. The van der Waals surface area contributed by atoms with Gasteiger partial charge in [-0.25, -0.2) is 4.79 Å². The van der Waals surface area contributed by atoms with Gasteiger partial charge in [-0.2, -0.15) is 11.8 Å². The summed E-state index contributed by atoms with van der Waals surface area (Å²) in [7, 11) is 1.66. The zero-order chi connectivity index (χ0) is 17.6. The Hall–Kier alpha value is -1.36. The van der Waals surface area contributed by atoms with Crippen molar-refractivity contribution in [1.82, 2.24) is 10.2 Å². The molecule has 0 bridgehead atoms. The van der Waals surface area contributed by atoms with Crippen molar-refractivity contribution < 1.29 is 9.53 Å². The summed E-state index contributed by atoms with van der Waals surface area (Å²) < 4.78 is 5.40. The van der Waals surface area contributed by atoms with Crippen LogP contribution in [0.3, 0.4) is 0 Å². The second-order valence-electron chi connectivity index (χ2n) is 7.27. The molecule has 0 saturated carbocycles. The number of piperidine rings is 1. The topological polar surface area (TPSA) is 41.6 Å². The summed E-state index contributed by atoms with van der Waals surface area (Å²) >= 11 is 1.94. The number of ether oxygens (including phenoxy) is 1. The molecule has 1 fully saturated rings. The van der Waals surface area contributed by atoms with Gasteiger partial charge in [0.15, 0.2) is 0 Å². The van der Waals surface area contributed by atoms with Crippen LogP contribution in [-0.2, 0) is 6.54 Å². The van der Waals surface area contributed by atoms with E-state index in [-0.39, 0.29) is 10.8 Å². The van der Waals surface area contributed by atoms with Crippen LogP contribution in [0, 0.1) is 0 Å². The van der Waals surface area contributed by atoms with Crippen molar-refractivity contribution in [2.75, 3.05) is 19.4 Å². The number of likely N-dealkylation sites (tertiary alicyclic amines) is 1. The summed E-state index contributed by atoms with van der Waals surface area (Å²) in [5.74, 6) is 1.85. The Bertz CT molecular complexity index is 525. The minimum absolute atomic E-state index is 0.0602. The van der Waals surface area contributed by atoms with Gasteiger partial charge in [-0.05, 0) is 37.0 Å². The van der Waals surface area contributed by atoms with Crippen LogP contribution >= 0.6 is 11.8 Å². The predicted octanol–water partition coefficient (Wildman–Crippen LogP) is 4.29. The molecule has 1 N–H and O–H groups in total. The molecule has 134 valence electrons. The highest BCUT2D eigenvalue weighted by Gasteiger charge is 2.27. The highest BCUT2D eigenvalue weighted by molar-refractivity contribution is 8.00. The Balaban J connectivity index is 1.88. The number of carbonyl (C=O) groups is 1. The molecule has 2 amide bonds. The number of thioether (sulfide) groups is 1. The van der Waals surface area contributed by atoms with Gasteiger partial charge in [-0.3, -0.25) is 0 Å². The molecule has 2 rings (SSSR count). The first-order valence-electron chi connectivity index (χ1n) is 8.70. The summed E-state index contributed by atoms with van der Waals surface area (Å²) in [6.45, 7) is 8.11. The van der Waals surface area contributed by atoms with E-state index in [0.29, 0.717) is 12.6 Å². The van der Waals surface area contributed by atoms with Crippen LogP contribution < -0.4 is 10.1 Å². The van der Waals surface area contributed by atoms with Crippen molar-refractivity contribution in [3.8, 4) is 5.75 Å². The molecule has 1 unspecified atom stereocenters. The maximum absolute atomic E-state index is 12.6. The Kier molecular flexibility index (Phi) is 6.84. The molecule has 0 radical (unpaired) electrons. The minimum atomic E-state index is 0.0602. The molecule has 1 atom stereocenters. The van der Waals surface area contributed by atoms with Gasteiger partial charge in [0.25, 0.3) is 0 Å². The molecular weight excluding hydrogens is 320 g/mol. The molecule has 1 saturated heterocycles. The third-order valence-corrected chi connectivity index (χ3v) is 5.62. The van der Waals surface area contributed by atoms with Gasteiger partial charge in [-0.15, -0.1) is 0 Å². The van der Waals surface area contributed by atoms with Gasteiger partial charge in [0.1, 0.15) is 5.75 Å². The Morgan fingerprint density at radius 3 is 2.62 bits per heavy atom. The van der Waals surface area contributed by atoms with Crippen molar-refractivity contribution in [3.05, 3.63) is 29.8 Å². The predicted molar refractivity (Wildman–Crippen MR) is 102 cm³/mol. The average Bonchev–Trinajstić information content (AvgIpc) is 2.58. The molecule has 1 aliphatic rings. The molecule has 0 spiro atoms. The van der Waals surface area contributed by atoms with E-state index in [1.165, 1.54) is 6.42 Å². The largest absolute Gasteiger partial charge is 0.497 e. The SMILES string of the molecule is COc1ccc(CNC(=O)N2CCCCC2CSC(C)(C)C)cc1. The maximum Gasteiger partial charge on any atom is 0.317 e. The summed E-state index contributed by atoms with van der Waals surface area (Å²) in [6.07, 6.45) is 3.43. The van der Waals surface area contributed by atoms with Crippen LogP contribution in [0.5, 0.6) is 5.75 Å². The van der Waals surface area contributed by atoms with Gasteiger partial charge in [-0.1, -0.05) is 32.9 Å². The zero-order valence-corrected chi connectivity index (χ0v) is 16.1. The van der Waals surface area contributed by atoms with E-state index in [0.717, 1.165) is 36.5 Å². The molecule has 1 aromatic carbocycles. The fraction of sp³-hybridized carbons (Fsp3) is 0.632. The van der Waals surface area contributed by atoms with Crippen molar-refractivity contribution in [2.45, 2.75) is 57.4 Å². The second kappa shape index (κ2) is 8.65. The lowest BCUT2D eigenvalue weighted by Crippen LogP contribution is -2.49. The van der Waals surface area contributed by atoms with Crippen molar-refractivity contribution in [3.63, 3.8) is 0 Å². The summed E-state index contributed by atoms with van der Waals surface area (Å²) in [5.41, 5.74) is 1.08. The number of nitrogens with zero attached hydrogens (tertiary/aromatic N) is 1. The van der Waals surface area contributed by atoms with Crippen molar-refractivity contribution in [2.24, 2.45) is 0 Å². The number of methoxy groups -OCH3 is 1. The van der Waals surface area contributed by atoms with Gasteiger partial charge < -0.3 is 15.0 Å². The first-order chi connectivity index (χ1) is 11.4. The van der Waals surface area contributed by atoms with E-state index < -0.39 is 0 Å². The van der Waals surface area contributed by atoms with E-state index in [9.17, 15) is 4.79 Å². The number of benzene rings is 1. The third kappa shape index (κ3) is 5.93. The smallest absolute Gasteiger partial charge is 0.317 e. The number of rotatable bonds is 5. The molecule has 5 heteroatoms. The van der Waals surface area contributed by atoms with Crippen LogP contribution in [0.4, 0.5) is 4.79 Å². The fourth-order valence-electron chi connectivity index (χ4n) is 2.81. The Morgan fingerprint density at radius 2 is 2.00 bits per heavy atom. The van der Waals surface area contributed by atoms with Crippen molar-refractivity contribution in [1.29, 1.82) is 0 Å². The monoisotopic (exact) mass is 350 g/mol. The minimum Gasteiger partial charge on any atom is -0.497 e. The standard InChI is InChI=1S/C19H30N2O2S/c1-19(2,3)24-14-16-7-5-6-12-21(16)18(22)20-13-15-8-10-17(23-4)11-9-15/h8-11,16H,5-7,12-14H2,1-4H3,(H,20,22). The van der Waals surface area contributed by atoms with Gasteiger partial charge in [0.05, 0.1) is 7.11 Å². The normalized spacial score (nSPS) is 18.3. The third-order valence-electron chi connectivity index (χ3n) is 4.20. The van der Waals surface area contributed by atoms with E-state index in [1.54, 1.807) is 7.11 Å². The molecule has 0 aliphatic carbocycles. The van der Waals surface area contributed by atoms with E-state index in [1.807, 2.05) is 40.9 Å². The van der Waals surface area contributed by atoms with Crippen molar-refractivity contribution >= 4 is 17.8 Å². The van der Waals surface area contributed by atoms with Gasteiger partial charge in [0, 0.05) is 29.6 Å². The number of hydrogen-bond acceptors (Lipinski definition) is 3. The van der Waals surface area contributed by atoms with Gasteiger partial charge >= 0.3 is 6.03 Å². The number of amides is 2. The summed E-state index contributed by atoms with van der Waals surface area (Å²) in [4.78, 5) is 14.6. The van der Waals surface area contributed by atoms with Crippen LogP contribution in [0.2, 0.25) is 0 Å². The molecule has 1 heterocycles. The molecular formula is C19H30N2O2S. The second-order valence-corrected chi connectivity index (χ2v) is 9.12. The molecule has 1 aromatic rings.